The summed E-state index contributed by atoms with van der Waals surface area (Å²) in [6.07, 6.45) is 6.18. The molecule has 1 unspecified atom stereocenters. The standard InChI is InChI=1S/C21H26BrN3O2/c22-18-12-15(13-23)2-7-19(18)24-10-1-8-21(14-24)9-11-25(20(21)27)16-3-5-17(26)6-4-16/h2,7,12,16-17,26H,1,3-6,8-11,14H2. The fourth-order valence-electron chi connectivity index (χ4n) is 5.11. The minimum absolute atomic E-state index is 0.188. The summed E-state index contributed by atoms with van der Waals surface area (Å²) in [7, 11) is 0. The van der Waals surface area contributed by atoms with Crippen molar-refractivity contribution in [3.05, 3.63) is 28.2 Å². The van der Waals surface area contributed by atoms with E-state index in [1.807, 2.05) is 18.2 Å². The Morgan fingerprint density at radius 2 is 1.96 bits per heavy atom. The van der Waals surface area contributed by atoms with Crippen LogP contribution in [0.3, 0.4) is 0 Å². The van der Waals surface area contributed by atoms with Gasteiger partial charge in [-0.05, 0) is 79.1 Å². The zero-order valence-corrected chi connectivity index (χ0v) is 17.1. The van der Waals surface area contributed by atoms with Gasteiger partial charge in [-0.3, -0.25) is 4.79 Å². The number of hydrogen-bond donors (Lipinski definition) is 1. The van der Waals surface area contributed by atoms with E-state index in [0.717, 1.165) is 74.7 Å². The van der Waals surface area contributed by atoms with E-state index < -0.39 is 0 Å². The number of rotatable bonds is 2. The number of likely N-dealkylation sites (tertiary alicyclic amines) is 1. The Morgan fingerprint density at radius 3 is 2.67 bits per heavy atom. The van der Waals surface area contributed by atoms with Crippen LogP contribution in [0, 0.1) is 16.7 Å². The molecule has 4 rings (SSSR count). The molecule has 3 fully saturated rings. The molecule has 2 heterocycles. The maximum atomic E-state index is 13.4. The summed E-state index contributed by atoms with van der Waals surface area (Å²) in [6, 6.07) is 8.16. The maximum Gasteiger partial charge on any atom is 0.230 e. The van der Waals surface area contributed by atoms with Gasteiger partial charge in [-0.1, -0.05) is 0 Å². The molecule has 144 valence electrons. The molecule has 6 heteroatoms. The maximum absolute atomic E-state index is 13.4. The van der Waals surface area contributed by atoms with Crippen LogP contribution in [0.2, 0.25) is 0 Å². The van der Waals surface area contributed by atoms with Gasteiger partial charge in [0, 0.05) is 30.1 Å². The number of piperidine rings is 1. The van der Waals surface area contributed by atoms with Crippen LogP contribution < -0.4 is 4.90 Å². The van der Waals surface area contributed by atoms with Crippen molar-refractivity contribution in [2.75, 3.05) is 24.5 Å². The smallest absolute Gasteiger partial charge is 0.230 e. The second kappa shape index (κ2) is 7.44. The number of halogens is 1. The largest absolute Gasteiger partial charge is 0.393 e. The molecule has 2 saturated heterocycles. The fourth-order valence-corrected chi connectivity index (χ4v) is 5.74. The Kier molecular flexibility index (Phi) is 5.17. The molecule has 1 N–H and O–H groups in total. The summed E-state index contributed by atoms with van der Waals surface area (Å²) in [6.45, 7) is 2.54. The number of amides is 1. The number of carbonyl (C=O) groups is 1. The second-order valence-electron chi connectivity index (χ2n) is 8.29. The number of nitrogens with zero attached hydrogens (tertiary/aromatic N) is 3. The highest BCUT2D eigenvalue weighted by Crippen LogP contribution is 2.44. The van der Waals surface area contributed by atoms with Crippen molar-refractivity contribution in [1.29, 1.82) is 5.26 Å². The Balaban J connectivity index is 1.51. The predicted octanol–water partition coefficient (Wildman–Crippen LogP) is 3.44. The van der Waals surface area contributed by atoms with Crippen molar-refractivity contribution >= 4 is 27.5 Å². The van der Waals surface area contributed by atoms with Crippen LogP contribution in [0.25, 0.3) is 0 Å². The lowest BCUT2D eigenvalue weighted by atomic mass is 9.78. The van der Waals surface area contributed by atoms with Gasteiger partial charge in [-0.25, -0.2) is 0 Å². The lowest BCUT2D eigenvalue weighted by Gasteiger charge is -2.41. The van der Waals surface area contributed by atoms with Crippen LogP contribution in [0.5, 0.6) is 0 Å². The number of anilines is 1. The molecular formula is C21H26BrN3O2. The average molecular weight is 432 g/mol. The van der Waals surface area contributed by atoms with Gasteiger partial charge < -0.3 is 14.9 Å². The van der Waals surface area contributed by atoms with Crippen molar-refractivity contribution in [1.82, 2.24) is 4.90 Å². The summed E-state index contributed by atoms with van der Waals surface area (Å²) in [5.74, 6) is 0.318. The highest BCUT2D eigenvalue weighted by atomic mass is 79.9. The topological polar surface area (TPSA) is 67.6 Å². The Hall–Kier alpha value is -1.58. The van der Waals surface area contributed by atoms with Gasteiger partial charge in [-0.15, -0.1) is 0 Å². The van der Waals surface area contributed by atoms with Gasteiger partial charge in [0.15, 0.2) is 0 Å². The molecule has 1 saturated carbocycles. The van der Waals surface area contributed by atoms with Gasteiger partial charge in [0.05, 0.1) is 28.8 Å². The summed E-state index contributed by atoms with van der Waals surface area (Å²) in [5, 5.41) is 18.9. The first-order valence-corrected chi connectivity index (χ1v) is 10.8. The third-order valence-corrected chi connectivity index (χ3v) is 7.28. The first kappa shape index (κ1) is 18.8. The number of benzene rings is 1. The minimum atomic E-state index is -0.276. The van der Waals surface area contributed by atoms with Crippen LogP contribution in [-0.2, 0) is 4.79 Å². The summed E-state index contributed by atoms with van der Waals surface area (Å²) < 4.78 is 0.919. The molecule has 0 bridgehead atoms. The molecule has 2 aliphatic heterocycles. The third-order valence-electron chi connectivity index (χ3n) is 6.65. The number of aliphatic hydroxyl groups is 1. The summed E-state index contributed by atoms with van der Waals surface area (Å²) in [5.41, 5.74) is 1.43. The first-order chi connectivity index (χ1) is 13.0. The Bertz CT molecular complexity index is 769. The molecule has 1 spiro atoms. The Morgan fingerprint density at radius 1 is 1.19 bits per heavy atom. The SMILES string of the molecule is N#Cc1ccc(N2CCCC3(CCN(C4CCC(O)CC4)C3=O)C2)c(Br)c1. The molecule has 1 aliphatic carbocycles. The van der Waals surface area contributed by atoms with Crippen LogP contribution in [0.4, 0.5) is 5.69 Å². The number of aliphatic hydroxyl groups excluding tert-OH is 1. The van der Waals surface area contributed by atoms with E-state index in [9.17, 15) is 9.90 Å². The van der Waals surface area contributed by atoms with Gasteiger partial charge in [0.1, 0.15) is 0 Å². The quantitative estimate of drug-likeness (QED) is 0.778. The number of nitriles is 1. The molecule has 1 atom stereocenters. The number of hydrogen-bond acceptors (Lipinski definition) is 4. The van der Waals surface area contributed by atoms with Crippen molar-refractivity contribution in [3.8, 4) is 6.07 Å². The van der Waals surface area contributed by atoms with Crippen LogP contribution in [0.1, 0.15) is 50.5 Å². The van der Waals surface area contributed by atoms with Crippen molar-refractivity contribution in [2.24, 2.45) is 5.41 Å². The molecular weight excluding hydrogens is 406 g/mol. The van der Waals surface area contributed by atoms with Crippen LogP contribution >= 0.6 is 15.9 Å². The van der Waals surface area contributed by atoms with Crippen LogP contribution in [-0.4, -0.2) is 47.7 Å². The molecule has 1 aromatic carbocycles. The fraction of sp³-hybridized carbons (Fsp3) is 0.619. The lowest BCUT2D eigenvalue weighted by molar-refractivity contribution is -0.139. The highest BCUT2D eigenvalue weighted by molar-refractivity contribution is 9.10. The molecule has 1 amide bonds. The first-order valence-electron chi connectivity index (χ1n) is 9.96. The van der Waals surface area contributed by atoms with Gasteiger partial charge in [0.2, 0.25) is 5.91 Å². The van der Waals surface area contributed by atoms with Crippen molar-refractivity contribution < 1.29 is 9.90 Å². The van der Waals surface area contributed by atoms with E-state index in [1.54, 1.807) is 0 Å². The zero-order valence-electron chi connectivity index (χ0n) is 15.5. The average Bonchev–Trinajstić information content (AvgIpc) is 2.98. The van der Waals surface area contributed by atoms with E-state index >= 15 is 0 Å². The highest BCUT2D eigenvalue weighted by Gasteiger charge is 2.50. The summed E-state index contributed by atoms with van der Waals surface area (Å²) in [4.78, 5) is 17.8. The Labute approximate surface area is 169 Å². The molecule has 0 aromatic heterocycles. The number of carbonyl (C=O) groups excluding carboxylic acids is 1. The molecule has 5 nitrogen and oxygen atoms in total. The molecule has 0 radical (unpaired) electrons. The normalized spacial score (nSPS) is 31.4. The van der Waals surface area contributed by atoms with E-state index in [2.05, 4.69) is 31.8 Å². The second-order valence-corrected chi connectivity index (χ2v) is 9.15. The van der Waals surface area contributed by atoms with Crippen molar-refractivity contribution in [2.45, 2.75) is 57.1 Å². The van der Waals surface area contributed by atoms with Crippen molar-refractivity contribution in [3.63, 3.8) is 0 Å². The molecule has 3 aliphatic rings. The molecule has 27 heavy (non-hydrogen) atoms. The van der Waals surface area contributed by atoms with Crippen LogP contribution in [0.15, 0.2) is 22.7 Å². The summed E-state index contributed by atoms with van der Waals surface area (Å²) >= 11 is 3.60. The van der Waals surface area contributed by atoms with Gasteiger partial charge in [0.25, 0.3) is 0 Å². The predicted molar refractivity (Wildman–Crippen MR) is 107 cm³/mol. The van der Waals surface area contributed by atoms with E-state index in [1.165, 1.54) is 0 Å². The molecule has 1 aromatic rings. The van der Waals surface area contributed by atoms with E-state index in [4.69, 9.17) is 5.26 Å². The minimum Gasteiger partial charge on any atom is -0.393 e. The van der Waals surface area contributed by atoms with E-state index in [0.29, 0.717) is 17.5 Å². The van der Waals surface area contributed by atoms with Gasteiger partial charge in [-0.2, -0.15) is 5.26 Å². The van der Waals surface area contributed by atoms with E-state index in [-0.39, 0.29) is 11.5 Å². The lowest BCUT2D eigenvalue weighted by Crippen LogP contribution is -2.50. The third kappa shape index (κ3) is 3.48. The zero-order chi connectivity index (χ0) is 19.0. The van der Waals surface area contributed by atoms with Gasteiger partial charge >= 0.3 is 0 Å². The monoisotopic (exact) mass is 431 g/mol.